The summed E-state index contributed by atoms with van der Waals surface area (Å²) in [6.45, 7) is 0.706. The Morgan fingerprint density at radius 1 is 1.46 bits per heavy atom. The lowest BCUT2D eigenvalue weighted by molar-refractivity contribution is 0.193. The highest BCUT2D eigenvalue weighted by molar-refractivity contribution is 9.10. The van der Waals surface area contributed by atoms with Crippen LogP contribution in [-0.4, -0.2) is 17.8 Å². The maximum atomic E-state index is 9.36. The van der Waals surface area contributed by atoms with E-state index in [9.17, 15) is 5.11 Å². The third-order valence-electron chi connectivity index (χ3n) is 2.36. The highest BCUT2D eigenvalue weighted by Gasteiger charge is 2.22. The number of rotatable bonds is 1. The van der Waals surface area contributed by atoms with E-state index in [0.717, 1.165) is 10.9 Å². The van der Waals surface area contributed by atoms with E-state index in [4.69, 9.17) is 0 Å². The van der Waals surface area contributed by atoms with Crippen molar-refractivity contribution in [3.05, 3.63) is 34.3 Å². The van der Waals surface area contributed by atoms with Crippen molar-refractivity contribution in [3.8, 4) is 0 Å². The molecule has 0 aliphatic carbocycles. The molecule has 70 valence electrons. The lowest BCUT2D eigenvalue weighted by Crippen LogP contribution is -2.14. The van der Waals surface area contributed by atoms with Gasteiger partial charge in [0.25, 0.3) is 0 Å². The van der Waals surface area contributed by atoms with Gasteiger partial charge in [0.2, 0.25) is 0 Å². The third kappa shape index (κ3) is 2.10. The Labute approximate surface area is 86.1 Å². The first kappa shape index (κ1) is 9.19. The summed E-state index contributed by atoms with van der Waals surface area (Å²) in [5, 5.41) is 12.6. The predicted octanol–water partition coefficient (Wildman–Crippen LogP) is 1.84. The molecule has 0 saturated carbocycles. The molecular weight excluding hydrogens is 230 g/mol. The van der Waals surface area contributed by atoms with E-state index < -0.39 is 0 Å². The van der Waals surface area contributed by atoms with E-state index >= 15 is 0 Å². The molecule has 0 amide bonds. The van der Waals surface area contributed by atoms with Gasteiger partial charge in [-0.05, 0) is 24.1 Å². The van der Waals surface area contributed by atoms with E-state index in [2.05, 4.69) is 33.4 Å². The number of halogens is 1. The van der Waals surface area contributed by atoms with Crippen molar-refractivity contribution >= 4 is 15.9 Å². The second kappa shape index (κ2) is 3.78. The summed E-state index contributed by atoms with van der Waals surface area (Å²) in [5.41, 5.74) is 1.24. The van der Waals surface area contributed by atoms with Gasteiger partial charge >= 0.3 is 0 Å². The minimum absolute atomic E-state index is 0.191. The van der Waals surface area contributed by atoms with E-state index in [-0.39, 0.29) is 6.10 Å². The van der Waals surface area contributed by atoms with E-state index in [1.165, 1.54) is 5.56 Å². The van der Waals surface area contributed by atoms with Crippen molar-refractivity contribution < 1.29 is 5.11 Å². The maximum absolute atomic E-state index is 9.36. The van der Waals surface area contributed by atoms with Crippen LogP contribution in [0.5, 0.6) is 0 Å². The normalized spacial score (nSPS) is 27.8. The fourth-order valence-electron chi connectivity index (χ4n) is 1.69. The standard InChI is InChI=1S/C10H12BrNO/c11-8-3-1-2-7(4-8)10-5-9(13)6-12-10/h1-4,9-10,12-13H,5-6H2. The number of nitrogens with one attached hydrogen (secondary N) is 1. The first-order chi connectivity index (χ1) is 6.25. The summed E-state index contributed by atoms with van der Waals surface area (Å²) in [5.74, 6) is 0. The van der Waals surface area contributed by atoms with Crippen LogP contribution < -0.4 is 5.32 Å². The van der Waals surface area contributed by atoms with Crippen LogP contribution in [0.4, 0.5) is 0 Å². The molecule has 0 bridgehead atoms. The molecule has 2 nitrogen and oxygen atoms in total. The average Bonchev–Trinajstić information content (AvgIpc) is 2.52. The molecule has 1 saturated heterocycles. The molecule has 1 aromatic carbocycles. The zero-order valence-electron chi connectivity index (χ0n) is 7.20. The molecule has 3 heteroatoms. The van der Waals surface area contributed by atoms with Gasteiger partial charge in [-0.2, -0.15) is 0 Å². The summed E-state index contributed by atoms with van der Waals surface area (Å²) in [7, 11) is 0. The number of aliphatic hydroxyl groups is 1. The summed E-state index contributed by atoms with van der Waals surface area (Å²) < 4.78 is 1.09. The second-order valence-corrected chi connectivity index (χ2v) is 4.32. The minimum atomic E-state index is -0.191. The van der Waals surface area contributed by atoms with Crippen molar-refractivity contribution in [2.75, 3.05) is 6.54 Å². The van der Waals surface area contributed by atoms with Crippen molar-refractivity contribution in [1.82, 2.24) is 5.32 Å². The number of benzene rings is 1. The Bertz CT molecular complexity index is 303. The van der Waals surface area contributed by atoms with Crippen molar-refractivity contribution in [1.29, 1.82) is 0 Å². The summed E-state index contributed by atoms with van der Waals surface area (Å²) >= 11 is 3.43. The summed E-state index contributed by atoms with van der Waals surface area (Å²) in [4.78, 5) is 0. The molecule has 1 fully saturated rings. The summed E-state index contributed by atoms with van der Waals surface area (Å²) in [6, 6.07) is 8.52. The van der Waals surface area contributed by atoms with Gasteiger partial charge in [-0.15, -0.1) is 0 Å². The van der Waals surface area contributed by atoms with E-state index in [1.807, 2.05) is 12.1 Å². The molecule has 2 atom stereocenters. The largest absolute Gasteiger partial charge is 0.392 e. The Kier molecular flexibility index (Phi) is 2.67. The topological polar surface area (TPSA) is 32.3 Å². The number of aliphatic hydroxyl groups excluding tert-OH is 1. The van der Waals surface area contributed by atoms with Crippen LogP contribution in [0, 0.1) is 0 Å². The van der Waals surface area contributed by atoms with Crippen molar-refractivity contribution in [2.24, 2.45) is 0 Å². The molecular formula is C10H12BrNO. The SMILES string of the molecule is OC1CNC(c2cccc(Br)c2)C1. The molecule has 2 unspecified atom stereocenters. The Hall–Kier alpha value is -0.380. The van der Waals surface area contributed by atoms with Crippen LogP contribution in [0.3, 0.4) is 0 Å². The Morgan fingerprint density at radius 2 is 2.31 bits per heavy atom. The van der Waals surface area contributed by atoms with Gasteiger partial charge in [0.05, 0.1) is 6.10 Å². The van der Waals surface area contributed by atoms with Gasteiger partial charge in [-0.3, -0.25) is 0 Å². The van der Waals surface area contributed by atoms with Gasteiger partial charge in [0, 0.05) is 17.1 Å². The smallest absolute Gasteiger partial charge is 0.0682 e. The van der Waals surface area contributed by atoms with Crippen LogP contribution in [0.1, 0.15) is 18.0 Å². The second-order valence-electron chi connectivity index (χ2n) is 3.41. The molecule has 0 spiro atoms. The molecule has 1 aliphatic rings. The Morgan fingerprint density at radius 3 is 2.92 bits per heavy atom. The molecule has 1 aromatic rings. The van der Waals surface area contributed by atoms with Gasteiger partial charge in [0.15, 0.2) is 0 Å². The van der Waals surface area contributed by atoms with Crippen molar-refractivity contribution in [2.45, 2.75) is 18.6 Å². The van der Waals surface area contributed by atoms with Crippen LogP contribution in [0.25, 0.3) is 0 Å². The number of β-amino-alcohol motifs (C(OH)–C–C–N with tert-alkyl or cyclic N) is 1. The van der Waals surface area contributed by atoms with Gasteiger partial charge in [0.1, 0.15) is 0 Å². The van der Waals surface area contributed by atoms with Gasteiger partial charge < -0.3 is 10.4 Å². The third-order valence-corrected chi connectivity index (χ3v) is 2.85. The fraction of sp³-hybridized carbons (Fsp3) is 0.400. The average molecular weight is 242 g/mol. The summed E-state index contributed by atoms with van der Waals surface area (Å²) in [6.07, 6.45) is 0.625. The van der Waals surface area contributed by atoms with Crippen LogP contribution in [0.2, 0.25) is 0 Å². The first-order valence-corrected chi connectivity index (χ1v) is 5.22. The molecule has 2 rings (SSSR count). The monoisotopic (exact) mass is 241 g/mol. The molecule has 13 heavy (non-hydrogen) atoms. The highest BCUT2D eigenvalue weighted by atomic mass is 79.9. The molecule has 1 aliphatic heterocycles. The zero-order chi connectivity index (χ0) is 9.26. The van der Waals surface area contributed by atoms with E-state index in [0.29, 0.717) is 12.6 Å². The maximum Gasteiger partial charge on any atom is 0.0682 e. The van der Waals surface area contributed by atoms with Crippen molar-refractivity contribution in [3.63, 3.8) is 0 Å². The van der Waals surface area contributed by atoms with Gasteiger partial charge in [-0.25, -0.2) is 0 Å². The molecule has 1 heterocycles. The van der Waals surface area contributed by atoms with Crippen LogP contribution in [-0.2, 0) is 0 Å². The van der Waals surface area contributed by atoms with Crippen LogP contribution >= 0.6 is 15.9 Å². The first-order valence-electron chi connectivity index (χ1n) is 4.42. The lowest BCUT2D eigenvalue weighted by Gasteiger charge is -2.10. The minimum Gasteiger partial charge on any atom is -0.392 e. The number of hydrogen-bond acceptors (Lipinski definition) is 2. The molecule has 0 aromatic heterocycles. The van der Waals surface area contributed by atoms with E-state index in [1.54, 1.807) is 0 Å². The zero-order valence-corrected chi connectivity index (χ0v) is 8.79. The quantitative estimate of drug-likeness (QED) is 0.787. The number of hydrogen-bond donors (Lipinski definition) is 2. The highest BCUT2D eigenvalue weighted by Crippen LogP contribution is 2.25. The van der Waals surface area contributed by atoms with Gasteiger partial charge in [-0.1, -0.05) is 28.1 Å². The Balaban J connectivity index is 2.16. The molecule has 0 radical (unpaired) electrons. The molecule has 2 N–H and O–H groups in total. The predicted molar refractivity (Wildman–Crippen MR) is 55.5 cm³/mol. The fourth-order valence-corrected chi connectivity index (χ4v) is 2.11. The van der Waals surface area contributed by atoms with Crippen LogP contribution in [0.15, 0.2) is 28.7 Å². The lowest BCUT2D eigenvalue weighted by atomic mass is 10.1.